The van der Waals surface area contributed by atoms with Crippen LogP contribution in [0.3, 0.4) is 0 Å². The Morgan fingerprint density at radius 1 is 1.47 bits per heavy atom. The highest BCUT2D eigenvalue weighted by molar-refractivity contribution is 7.12. The lowest BCUT2D eigenvalue weighted by Gasteiger charge is -2.48. The summed E-state index contributed by atoms with van der Waals surface area (Å²) in [5, 5.41) is 16.2. The second-order valence-corrected chi connectivity index (χ2v) is 9.59. The molecule has 1 saturated heterocycles. The van der Waals surface area contributed by atoms with Gasteiger partial charge in [-0.05, 0) is 38.3 Å². The molecule has 0 aromatic carbocycles. The number of amides is 1. The van der Waals surface area contributed by atoms with Crippen LogP contribution in [0.5, 0.6) is 0 Å². The molecular weight excluding hydrogens is 422 g/mol. The molecular formula is C21H20ClN5O2S. The third-order valence-corrected chi connectivity index (χ3v) is 5.97. The predicted molar refractivity (Wildman–Crippen MR) is 116 cm³/mol. The molecule has 2 aromatic heterocycles. The van der Waals surface area contributed by atoms with Gasteiger partial charge in [0.25, 0.3) is 0 Å². The number of likely N-dealkylation sites (tertiary alicyclic amines) is 1. The van der Waals surface area contributed by atoms with Crippen molar-refractivity contribution in [3.63, 3.8) is 0 Å². The number of thiophene rings is 1. The highest BCUT2D eigenvalue weighted by Gasteiger charge is 2.49. The van der Waals surface area contributed by atoms with E-state index in [4.69, 9.17) is 16.3 Å². The topological polar surface area (TPSA) is 83.5 Å². The van der Waals surface area contributed by atoms with Crippen molar-refractivity contribution in [2.75, 3.05) is 13.1 Å². The van der Waals surface area contributed by atoms with Crippen LogP contribution in [0.15, 0.2) is 39.7 Å². The predicted octanol–water partition coefficient (Wildman–Crippen LogP) is 4.35. The number of carbonyl (C=O) groups is 1. The summed E-state index contributed by atoms with van der Waals surface area (Å²) in [4.78, 5) is 19.4. The van der Waals surface area contributed by atoms with Gasteiger partial charge in [0, 0.05) is 17.3 Å². The number of hydrogen-bond acceptors (Lipinski definition) is 6. The Balaban J connectivity index is 1.60. The second-order valence-electron chi connectivity index (χ2n) is 8.31. The molecule has 2 aliphatic rings. The highest BCUT2D eigenvalue weighted by Crippen LogP contribution is 2.34. The van der Waals surface area contributed by atoms with Gasteiger partial charge in [-0.15, -0.1) is 11.3 Å². The Kier molecular flexibility index (Phi) is 5.07. The van der Waals surface area contributed by atoms with E-state index in [-0.39, 0.29) is 17.7 Å². The van der Waals surface area contributed by atoms with Crippen molar-refractivity contribution in [1.29, 1.82) is 5.26 Å². The van der Waals surface area contributed by atoms with Crippen molar-refractivity contribution in [2.24, 2.45) is 4.99 Å². The maximum atomic E-state index is 12.3. The fourth-order valence-corrected chi connectivity index (χ4v) is 4.48. The van der Waals surface area contributed by atoms with Gasteiger partial charge in [0.05, 0.1) is 42.4 Å². The van der Waals surface area contributed by atoms with Gasteiger partial charge < -0.3 is 9.64 Å². The highest BCUT2D eigenvalue weighted by atomic mass is 35.5. The average Bonchev–Trinajstić information content (AvgIpc) is 3.26. The smallest absolute Gasteiger partial charge is 0.410 e. The fraction of sp³-hybridized carbons (Fsp3) is 0.381. The molecule has 0 N–H and O–H groups in total. The van der Waals surface area contributed by atoms with E-state index >= 15 is 0 Å². The SMILES string of the molecule is CC(C)(C)OC(=O)N1CC(CC#N)(n2cc(C3=NC(Cl)=C=Cc4ccsc43)cn2)C1. The summed E-state index contributed by atoms with van der Waals surface area (Å²) in [5.74, 6) is 0. The lowest BCUT2D eigenvalue weighted by molar-refractivity contribution is -0.0314. The maximum Gasteiger partial charge on any atom is 0.410 e. The molecule has 0 radical (unpaired) electrons. The Hall–Kier alpha value is -2.85. The summed E-state index contributed by atoms with van der Waals surface area (Å²) in [6.07, 6.45) is 5.24. The molecule has 0 unspecified atom stereocenters. The molecule has 1 amide bonds. The quantitative estimate of drug-likeness (QED) is 0.523. The molecule has 0 atom stereocenters. The number of carbonyl (C=O) groups excluding carboxylic acids is 1. The van der Waals surface area contributed by atoms with Gasteiger partial charge >= 0.3 is 6.09 Å². The van der Waals surface area contributed by atoms with Crippen molar-refractivity contribution < 1.29 is 9.53 Å². The molecule has 0 spiro atoms. The molecule has 1 fully saturated rings. The zero-order valence-electron chi connectivity index (χ0n) is 16.8. The summed E-state index contributed by atoms with van der Waals surface area (Å²) in [7, 11) is 0. The van der Waals surface area contributed by atoms with Crippen LogP contribution in [0.1, 0.15) is 43.2 Å². The van der Waals surface area contributed by atoms with E-state index in [1.165, 1.54) is 0 Å². The number of fused-ring (bicyclic) bond motifs is 1. The lowest BCUT2D eigenvalue weighted by atomic mass is 9.87. The van der Waals surface area contributed by atoms with E-state index < -0.39 is 11.1 Å². The van der Waals surface area contributed by atoms with Crippen LogP contribution in [0.25, 0.3) is 6.08 Å². The molecule has 2 aliphatic heterocycles. The first-order valence-electron chi connectivity index (χ1n) is 9.40. The van der Waals surface area contributed by atoms with Crippen molar-refractivity contribution >= 4 is 40.8 Å². The first-order chi connectivity index (χ1) is 14.2. The third-order valence-electron chi connectivity index (χ3n) is 4.84. The van der Waals surface area contributed by atoms with E-state index in [1.54, 1.807) is 27.1 Å². The van der Waals surface area contributed by atoms with Gasteiger partial charge in [0.2, 0.25) is 0 Å². The number of rotatable bonds is 3. The second kappa shape index (κ2) is 7.44. The standard InChI is InChI=1S/C21H20ClN5O2S/c1-20(2,3)29-19(28)26-12-21(13-26,7-8-23)27-11-15(10-24-27)17-18-14(6-9-30-18)4-5-16(22)25-17/h4,6,9-11H,7,12-13H2,1-3H3. The minimum Gasteiger partial charge on any atom is -0.444 e. The van der Waals surface area contributed by atoms with Crippen LogP contribution in [0.4, 0.5) is 4.79 Å². The molecule has 4 heterocycles. The molecule has 7 nitrogen and oxygen atoms in total. The Bertz CT molecular complexity index is 1130. The number of nitrogens with zero attached hydrogens (tertiary/aromatic N) is 5. The molecule has 2 aromatic rings. The number of aliphatic imine (C=N–C) groups is 1. The zero-order valence-corrected chi connectivity index (χ0v) is 18.4. The average molecular weight is 442 g/mol. The monoisotopic (exact) mass is 441 g/mol. The van der Waals surface area contributed by atoms with Crippen LogP contribution in [0.2, 0.25) is 0 Å². The van der Waals surface area contributed by atoms with Gasteiger partial charge in [-0.25, -0.2) is 9.79 Å². The van der Waals surface area contributed by atoms with Crippen molar-refractivity contribution in [1.82, 2.24) is 14.7 Å². The largest absolute Gasteiger partial charge is 0.444 e. The van der Waals surface area contributed by atoms with Gasteiger partial charge in [-0.1, -0.05) is 17.3 Å². The molecule has 4 rings (SSSR count). The number of ether oxygens (including phenoxy) is 1. The van der Waals surface area contributed by atoms with Gasteiger partial charge in [0.1, 0.15) is 11.1 Å². The van der Waals surface area contributed by atoms with E-state index in [9.17, 15) is 10.1 Å². The van der Waals surface area contributed by atoms with Gasteiger partial charge in [-0.3, -0.25) is 4.68 Å². The first-order valence-corrected chi connectivity index (χ1v) is 10.7. The normalized spacial score (nSPS) is 17.2. The summed E-state index contributed by atoms with van der Waals surface area (Å²) < 4.78 is 7.20. The summed E-state index contributed by atoms with van der Waals surface area (Å²) >= 11 is 7.73. The Labute approximate surface area is 183 Å². The van der Waals surface area contributed by atoms with Crippen LogP contribution >= 0.6 is 22.9 Å². The molecule has 0 saturated carbocycles. The minimum absolute atomic E-state index is 0.229. The van der Waals surface area contributed by atoms with Crippen molar-refractivity contribution in [3.05, 3.63) is 50.7 Å². The first kappa shape index (κ1) is 20.4. The van der Waals surface area contributed by atoms with Crippen LogP contribution in [0, 0.1) is 11.3 Å². The van der Waals surface area contributed by atoms with E-state index in [2.05, 4.69) is 21.9 Å². The van der Waals surface area contributed by atoms with Crippen LogP contribution in [-0.4, -0.2) is 45.2 Å². The molecule has 9 heteroatoms. The van der Waals surface area contributed by atoms with Crippen LogP contribution in [-0.2, 0) is 10.3 Å². The van der Waals surface area contributed by atoms with Crippen LogP contribution < -0.4 is 0 Å². The number of aromatic nitrogens is 2. The van der Waals surface area contributed by atoms with Gasteiger partial charge in [0.15, 0.2) is 5.16 Å². The van der Waals surface area contributed by atoms with E-state index in [0.29, 0.717) is 18.8 Å². The Morgan fingerprint density at radius 3 is 2.93 bits per heavy atom. The molecule has 0 aliphatic carbocycles. The van der Waals surface area contributed by atoms with E-state index in [1.807, 2.05) is 44.5 Å². The molecule has 0 bridgehead atoms. The maximum absolute atomic E-state index is 12.3. The lowest BCUT2D eigenvalue weighted by Crippen LogP contribution is -2.64. The number of nitriles is 1. The van der Waals surface area contributed by atoms with Gasteiger partial charge in [-0.2, -0.15) is 10.4 Å². The number of halogens is 1. The Morgan fingerprint density at radius 2 is 2.23 bits per heavy atom. The summed E-state index contributed by atoms with van der Waals surface area (Å²) in [6.45, 7) is 6.19. The minimum atomic E-state index is -0.592. The number of hydrogen-bond donors (Lipinski definition) is 0. The van der Waals surface area contributed by atoms with Crippen molar-refractivity contribution in [3.8, 4) is 6.07 Å². The van der Waals surface area contributed by atoms with Crippen molar-refractivity contribution in [2.45, 2.75) is 38.3 Å². The molecule has 154 valence electrons. The fourth-order valence-electron chi connectivity index (χ4n) is 3.45. The third kappa shape index (κ3) is 3.80. The zero-order chi connectivity index (χ0) is 21.5. The molecule has 30 heavy (non-hydrogen) atoms. The summed E-state index contributed by atoms with van der Waals surface area (Å²) in [6, 6.07) is 4.22. The van der Waals surface area contributed by atoms with E-state index in [0.717, 1.165) is 16.0 Å². The summed E-state index contributed by atoms with van der Waals surface area (Å²) in [5.41, 5.74) is 4.29.